The van der Waals surface area contributed by atoms with Gasteiger partial charge in [0.2, 0.25) is 0 Å². The van der Waals surface area contributed by atoms with Crippen LogP contribution >= 0.6 is 39.1 Å². The molecule has 0 heterocycles. The average molecular weight is 330 g/mol. The van der Waals surface area contributed by atoms with Crippen LogP contribution in [-0.4, -0.2) is 5.78 Å². The third-order valence-corrected chi connectivity index (χ3v) is 3.56. The number of rotatable bonds is 2. The summed E-state index contributed by atoms with van der Waals surface area (Å²) in [6.07, 6.45) is 0. The van der Waals surface area contributed by atoms with Crippen LogP contribution in [-0.2, 0) is 0 Å². The molecule has 0 saturated carbocycles. The number of ketones is 1. The second-order valence-corrected chi connectivity index (χ2v) is 5.19. The molecule has 1 nitrogen and oxygen atoms in total. The van der Waals surface area contributed by atoms with Crippen molar-refractivity contribution in [3.63, 3.8) is 0 Å². The van der Waals surface area contributed by atoms with E-state index in [1.807, 2.05) is 12.1 Å². The van der Waals surface area contributed by atoms with Crippen molar-refractivity contribution in [1.82, 2.24) is 0 Å². The first-order chi connectivity index (χ1) is 8.08. The Balaban J connectivity index is 2.37. The molecule has 0 aromatic heterocycles. The molecule has 2 aromatic rings. The van der Waals surface area contributed by atoms with Gasteiger partial charge in [-0.15, -0.1) is 0 Å². The first kappa shape index (κ1) is 12.6. The van der Waals surface area contributed by atoms with E-state index in [-0.39, 0.29) is 5.78 Å². The zero-order valence-corrected chi connectivity index (χ0v) is 11.7. The summed E-state index contributed by atoms with van der Waals surface area (Å²) in [7, 11) is 0. The molecule has 86 valence electrons. The molecule has 0 atom stereocenters. The van der Waals surface area contributed by atoms with Gasteiger partial charge in [-0.2, -0.15) is 0 Å². The summed E-state index contributed by atoms with van der Waals surface area (Å²) in [4.78, 5) is 12.1. The number of carbonyl (C=O) groups is 1. The fraction of sp³-hybridized carbons (Fsp3) is 0. The standard InChI is InChI=1S/C13H7BrCl2O/c14-10-4-1-8(2-5-10)13(17)9-3-6-11(15)12(16)7-9/h1-7H. The quantitative estimate of drug-likeness (QED) is 0.709. The maximum Gasteiger partial charge on any atom is 0.193 e. The minimum absolute atomic E-state index is 0.0731. The smallest absolute Gasteiger partial charge is 0.193 e. The zero-order valence-electron chi connectivity index (χ0n) is 8.58. The van der Waals surface area contributed by atoms with Crippen molar-refractivity contribution in [2.24, 2.45) is 0 Å². The zero-order chi connectivity index (χ0) is 12.4. The fourth-order valence-corrected chi connectivity index (χ4v) is 1.97. The van der Waals surface area contributed by atoms with Crippen LogP contribution in [0.25, 0.3) is 0 Å². The molecule has 0 aliphatic rings. The highest BCUT2D eigenvalue weighted by Gasteiger charge is 2.10. The summed E-state index contributed by atoms with van der Waals surface area (Å²) >= 11 is 15.0. The molecule has 0 spiro atoms. The Hall–Kier alpha value is -0.830. The summed E-state index contributed by atoms with van der Waals surface area (Å²) in [6, 6.07) is 12.0. The summed E-state index contributed by atoms with van der Waals surface area (Å²) in [5.74, 6) is -0.0731. The normalized spacial score (nSPS) is 10.3. The van der Waals surface area contributed by atoms with E-state index in [1.165, 1.54) is 0 Å². The van der Waals surface area contributed by atoms with E-state index >= 15 is 0 Å². The lowest BCUT2D eigenvalue weighted by Gasteiger charge is -2.03. The lowest BCUT2D eigenvalue weighted by Crippen LogP contribution is -2.00. The van der Waals surface area contributed by atoms with E-state index < -0.39 is 0 Å². The van der Waals surface area contributed by atoms with Gasteiger partial charge in [-0.1, -0.05) is 39.1 Å². The Kier molecular flexibility index (Phi) is 3.87. The molecule has 0 aliphatic heterocycles. The van der Waals surface area contributed by atoms with Crippen molar-refractivity contribution in [1.29, 1.82) is 0 Å². The van der Waals surface area contributed by atoms with Crippen LogP contribution < -0.4 is 0 Å². The van der Waals surface area contributed by atoms with Gasteiger partial charge in [-0.3, -0.25) is 4.79 Å². The van der Waals surface area contributed by atoms with E-state index in [0.29, 0.717) is 21.2 Å². The van der Waals surface area contributed by atoms with Crippen molar-refractivity contribution < 1.29 is 4.79 Å². The van der Waals surface area contributed by atoms with E-state index in [0.717, 1.165) is 4.47 Å². The monoisotopic (exact) mass is 328 g/mol. The third kappa shape index (κ3) is 2.89. The summed E-state index contributed by atoms with van der Waals surface area (Å²) in [5, 5.41) is 0.827. The number of carbonyl (C=O) groups excluding carboxylic acids is 1. The van der Waals surface area contributed by atoms with Gasteiger partial charge in [0.05, 0.1) is 10.0 Å². The maximum absolute atomic E-state index is 12.1. The highest BCUT2D eigenvalue weighted by molar-refractivity contribution is 9.10. The molecule has 0 saturated heterocycles. The second-order valence-electron chi connectivity index (χ2n) is 3.46. The first-order valence-electron chi connectivity index (χ1n) is 4.83. The van der Waals surface area contributed by atoms with Crippen LogP contribution in [0.5, 0.6) is 0 Å². The maximum atomic E-state index is 12.1. The van der Waals surface area contributed by atoms with Crippen LogP contribution in [0.1, 0.15) is 15.9 Å². The lowest BCUT2D eigenvalue weighted by molar-refractivity contribution is 0.103. The van der Waals surface area contributed by atoms with E-state index in [9.17, 15) is 4.79 Å². The molecule has 2 aromatic carbocycles. The van der Waals surface area contributed by atoms with Crippen LogP contribution in [0.15, 0.2) is 46.9 Å². The Morgan fingerprint density at radius 2 is 1.47 bits per heavy atom. The second kappa shape index (κ2) is 5.21. The molecule has 0 radical (unpaired) electrons. The van der Waals surface area contributed by atoms with Gasteiger partial charge in [-0.05, 0) is 42.5 Å². The molecular weight excluding hydrogens is 323 g/mol. The van der Waals surface area contributed by atoms with Crippen LogP contribution in [0, 0.1) is 0 Å². The predicted octanol–water partition coefficient (Wildman–Crippen LogP) is 4.99. The lowest BCUT2D eigenvalue weighted by atomic mass is 10.0. The molecule has 2 rings (SSSR count). The highest BCUT2D eigenvalue weighted by atomic mass is 79.9. The molecular formula is C13H7BrCl2O. The molecule has 17 heavy (non-hydrogen) atoms. The van der Waals surface area contributed by atoms with Crippen LogP contribution in [0.4, 0.5) is 0 Å². The Bertz CT molecular complexity index is 564. The number of halogens is 3. The largest absolute Gasteiger partial charge is 0.289 e. The van der Waals surface area contributed by atoms with Crippen molar-refractivity contribution in [2.45, 2.75) is 0 Å². The van der Waals surface area contributed by atoms with Gasteiger partial charge in [0, 0.05) is 15.6 Å². The topological polar surface area (TPSA) is 17.1 Å². The van der Waals surface area contributed by atoms with Gasteiger partial charge < -0.3 is 0 Å². The number of benzene rings is 2. The molecule has 0 bridgehead atoms. The Morgan fingerprint density at radius 1 is 0.882 bits per heavy atom. The predicted molar refractivity (Wildman–Crippen MR) is 74.0 cm³/mol. The molecule has 0 amide bonds. The first-order valence-corrected chi connectivity index (χ1v) is 6.38. The van der Waals surface area contributed by atoms with Crippen molar-refractivity contribution in [2.75, 3.05) is 0 Å². The molecule has 0 aliphatic carbocycles. The van der Waals surface area contributed by atoms with E-state index in [4.69, 9.17) is 23.2 Å². The number of hydrogen-bond acceptors (Lipinski definition) is 1. The Labute approximate surface area is 117 Å². The van der Waals surface area contributed by atoms with Gasteiger partial charge in [0.25, 0.3) is 0 Å². The van der Waals surface area contributed by atoms with Gasteiger partial charge >= 0.3 is 0 Å². The van der Waals surface area contributed by atoms with Crippen molar-refractivity contribution >= 4 is 44.9 Å². The van der Waals surface area contributed by atoms with Gasteiger partial charge in [0.1, 0.15) is 0 Å². The number of hydrogen-bond donors (Lipinski definition) is 0. The Morgan fingerprint density at radius 3 is 2.06 bits per heavy atom. The molecule has 4 heteroatoms. The van der Waals surface area contributed by atoms with Crippen molar-refractivity contribution in [3.8, 4) is 0 Å². The van der Waals surface area contributed by atoms with Crippen LogP contribution in [0.2, 0.25) is 10.0 Å². The summed E-state index contributed by atoms with van der Waals surface area (Å²) in [6.45, 7) is 0. The average Bonchev–Trinajstić information content (AvgIpc) is 2.33. The molecule has 0 N–H and O–H groups in total. The SMILES string of the molecule is O=C(c1ccc(Br)cc1)c1ccc(Cl)c(Cl)c1. The molecule has 0 fully saturated rings. The highest BCUT2D eigenvalue weighted by Crippen LogP contribution is 2.24. The minimum Gasteiger partial charge on any atom is -0.289 e. The summed E-state index contributed by atoms with van der Waals surface area (Å²) in [5.41, 5.74) is 1.15. The van der Waals surface area contributed by atoms with E-state index in [1.54, 1.807) is 30.3 Å². The van der Waals surface area contributed by atoms with Crippen molar-refractivity contribution in [3.05, 3.63) is 68.1 Å². The van der Waals surface area contributed by atoms with Gasteiger partial charge in [0.15, 0.2) is 5.78 Å². The summed E-state index contributed by atoms with van der Waals surface area (Å²) < 4.78 is 0.934. The minimum atomic E-state index is -0.0731. The van der Waals surface area contributed by atoms with Gasteiger partial charge in [-0.25, -0.2) is 0 Å². The van der Waals surface area contributed by atoms with Crippen LogP contribution in [0.3, 0.4) is 0 Å². The van der Waals surface area contributed by atoms with E-state index in [2.05, 4.69) is 15.9 Å². The fourth-order valence-electron chi connectivity index (χ4n) is 1.41. The third-order valence-electron chi connectivity index (χ3n) is 2.29. The molecule has 0 unspecified atom stereocenters.